The van der Waals surface area contributed by atoms with Gasteiger partial charge in [-0.05, 0) is 30.7 Å². The fourth-order valence-corrected chi connectivity index (χ4v) is 2.27. The highest BCUT2D eigenvalue weighted by molar-refractivity contribution is 9.10. The van der Waals surface area contributed by atoms with Crippen molar-refractivity contribution < 1.29 is 4.92 Å². The molecule has 8 heteroatoms. The number of hydrazine groups is 1. The normalized spacial score (nSPS) is 11.8. The van der Waals surface area contributed by atoms with Crippen LogP contribution in [-0.2, 0) is 0 Å². The maximum absolute atomic E-state index is 11.1. The SMILES string of the molecule is CC(Nc1nc(NN)ccc1[N+](=O)[O-])c1cccc(Br)c1. The molecule has 0 saturated carbocycles. The number of hydrogen-bond acceptors (Lipinski definition) is 6. The fourth-order valence-electron chi connectivity index (χ4n) is 1.85. The van der Waals surface area contributed by atoms with E-state index in [2.05, 4.69) is 31.7 Å². The first-order chi connectivity index (χ1) is 10.0. The molecule has 0 saturated heterocycles. The second-order valence-corrected chi connectivity index (χ2v) is 5.30. The average Bonchev–Trinajstić information content (AvgIpc) is 2.46. The number of nitrogens with two attached hydrogens (primary N) is 1. The minimum atomic E-state index is -0.483. The summed E-state index contributed by atoms with van der Waals surface area (Å²) in [6.07, 6.45) is 0. The van der Waals surface area contributed by atoms with Crippen molar-refractivity contribution in [1.29, 1.82) is 0 Å². The largest absolute Gasteiger partial charge is 0.358 e. The second-order valence-electron chi connectivity index (χ2n) is 4.39. The van der Waals surface area contributed by atoms with Crippen LogP contribution in [0.5, 0.6) is 0 Å². The van der Waals surface area contributed by atoms with Crippen LogP contribution in [0.1, 0.15) is 18.5 Å². The van der Waals surface area contributed by atoms with Gasteiger partial charge in [0.05, 0.1) is 11.0 Å². The molecule has 1 aromatic carbocycles. The van der Waals surface area contributed by atoms with E-state index in [0.717, 1.165) is 10.0 Å². The number of rotatable bonds is 5. The molecule has 0 radical (unpaired) electrons. The molecule has 0 bridgehead atoms. The fraction of sp³-hybridized carbons (Fsp3) is 0.154. The molecule has 1 unspecified atom stereocenters. The highest BCUT2D eigenvalue weighted by atomic mass is 79.9. The molecule has 21 heavy (non-hydrogen) atoms. The van der Waals surface area contributed by atoms with Crippen LogP contribution in [0.2, 0.25) is 0 Å². The summed E-state index contributed by atoms with van der Waals surface area (Å²) in [5.74, 6) is 5.81. The minimum Gasteiger partial charge on any atom is -0.358 e. The molecular weight excluding hydrogens is 338 g/mol. The summed E-state index contributed by atoms with van der Waals surface area (Å²) >= 11 is 3.40. The first kappa shape index (κ1) is 15.2. The number of pyridine rings is 1. The van der Waals surface area contributed by atoms with Crippen molar-refractivity contribution in [3.8, 4) is 0 Å². The van der Waals surface area contributed by atoms with Crippen molar-refractivity contribution in [3.05, 3.63) is 56.5 Å². The Morgan fingerprint density at radius 3 is 2.76 bits per heavy atom. The van der Waals surface area contributed by atoms with Crippen molar-refractivity contribution >= 4 is 33.3 Å². The Kier molecular flexibility index (Phi) is 4.71. The summed E-state index contributed by atoms with van der Waals surface area (Å²) in [7, 11) is 0. The lowest BCUT2D eigenvalue weighted by Gasteiger charge is -2.15. The Balaban J connectivity index is 2.31. The number of hydrogen-bond donors (Lipinski definition) is 3. The van der Waals surface area contributed by atoms with E-state index in [4.69, 9.17) is 5.84 Å². The number of halogens is 1. The molecule has 0 aliphatic rings. The summed E-state index contributed by atoms with van der Waals surface area (Å²) in [4.78, 5) is 14.7. The standard InChI is InChI=1S/C13H14BrN5O2/c1-8(9-3-2-4-10(14)7-9)16-13-11(19(20)21)5-6-12(17-13)18-15/h2-8H,15H2,1H3,(H2,16,17,18). The number of nitrogen functional groups attached to an aromatic ring is 1. The van der Waals surface area contributed by atoms with Gasteiger partial charge in [-0.2, -0.15) is 0 Å². The van der Waals surface area contributed by atoms with Crippen LogP contribution >= 0.6 is 15.9 Å². The Hall–Kier alpha value is -2.19. The molecule has 1 atom stereocenters. The van der Waals surface area contributed by atoms with Gasteiger partial charge in [-0.1, -0.05) is 28.1 Å². The third kappa shape index (κ3) is 3.67. The number of nitro groups is 1. The smallest absolute Gasteiger partial charge is 0.311 e. The molecule has 0 aliphatic heterocycles. The zero-order valence-corrected chi connectivity index (χ0v) is 12.8. The maximum atomic E-state index is 11.1. The van der Waals surface area contributed by atoms with Gasteiger partial charge < -0.3 is 10.7 Å². The zero-order valence-electron chi connectivity index (χ0n) is 11.2. The highest BCUT2D eigenvalue weighted by Crippen LogP contribution is 2.28. The topological polar surface area (TPSA) is 106 Å². The van der Waals surface area contributed by atoms with Gasteiger partial charge in [0.25, 0.3) is 0 Å². The first-order valence-electron chi connectivity index (χ1n) is 6.15. The van der Waals surface area contributed by atoms with Crippen LogP contribution in [0.3, 0.4) is 0 Å². The van der Waals surface area contributed by atoms with Crippen LogP contribution in [0.15, 0.2) is 40.9 Å². The van der Waals surface area contributed by atoms with Crippen LogP contribution < -0.4 is 16.6 Å². The molecule has 1 heterocycles. The van der Waals surface area contributed by atoms with Gasteiger partial charge in [0.2, 0.25) is 5.82 Å². The van der Waals surface area contributed by atoms with Gasteiger partial charge in [-0.15, -0.1) is 0 Å². The lowest BCUT2D eigenvalue weighted by Crippen LogP contribution is -2.13. The van der Waals surface area contributed by atoms with Gasteiger partial charge >= 0.3 is 5.69 Å². The van der Waals surface area contributed by atoms with Crippen LogP contribution in [0.25, 0.3) is 0 Å². The molecule has 2 aromatic rings. The van der Waals surface area contributed by atoms with E-state index in [9.17, 15) is 10.1 Å². The zero-order chi connectivity index (χ0) is 15.4. The summed E-state index contributed by atoms with van der Waals surface area (Å²) in [5.41, 5.74) is 3.25. The van der Waals surface area contributed by atoms with Crippen molar-refractivity contribution in [2.75, 3.05) is 10.7 Å². The highest BCUT2D eigenvalue weighted by Gasteiger charge is 2.18. The maximum Gasteiger partial charge on any atom is 0.311 e. The molecule has 0 fully saturated rings. The lowest BCUT2D eigenvalue weighted by molar-refractivity contribution is -0.384. The number of nitrogens with zero attached hydrogens (tertiary/aromatic N) is 2. The van der Waals surface area contributed by atoms with Gasteiger partial charge in [-0.3, -0.25) is 10.1 Å². The molecule has 0 amide bonds. The molecule has 2 rings (SSSR count). The third-order valence-corrected chi connectivity index (χ3v) is 3.41. The summed E-state index contributed by atoms with van der Waals surface area (Å²) in [6.45, 7) is 1.90. The number of nitrogens with one attached hydrogen (secondary N) is 2. The molecule has 4 N–H and O–H groups in total. The molecule has 110 valence electrons. The Morgan fingerprint density at radius 2 is 2.14 bits per heavy atom. The monoisotopic (exact) mass is 351 g/mol. The summed E-state index contributed by atoms with van der Waals surface area (Å²) in [5, 5.41) is 14.1. The molecule has 0 aliphatic carbocycles. The first-order valence-corrected chi connectivity index (χ1v) is 6.94. The van der Waals surface area contributed by atoms with E-state index >= 15 is 0 Å². The van der Waals surface area contributed by atoms with Crippen LogP contribution in [-0.4, -0.2) is 9.91 Å². The third-order valence-electron chi connectivity index (χ3n) is 2.92. The van der Waals surface area contributed by atoms with E-state index in [1.807, 2.05) is 31.2 Å². The van der Waals surface area contributed by atoms with Crippen LogP contribution in [0.4, 0.5) is 17.3 Å². The minimum absolute atomic E-state index is 0.101. The van der Waals surface area contributed by atoms with Crippen molar-refractivity contribution in [2.45, 2.75) is 13.0 Å². The molecule has 7 nitrogen and oxygen atoms in total. The van der Waals surface area contributed by atoms with Gasteiger partial charge in [0.15, 0.2) is 0 Å². The number of benzene rings is 1. The molecule has 1 aromatic heterocycles. The predicted molar refractivity (Wildman–Crippen MR) is 84.9 cm³/mol. The number of anilines is 2. The quantitative estimate of drug-likeness (QED) is 0.433. The van der Waals surface area contributed by atoms with Gasteiger partial charge in [0.1, 0.15) is 5.82 Å². The molecular formula is C13H14BrN5O2. The van der Waals surface area contributed by atoms with E-state index in [0.29, 0.717) is 5.82 Å². The Labute approximate surface area is 129 Å². The summed E-state index contributed by atoms with van der Waals surface area (Å²) in [6, 6.07) is 10.3. The lowest BCUT2D eigenvalue weighted by atomic mass is 10.1. The number of aromatic nitrogens is 1. The average molecular weight is 352 g/mol. The van der Waals surface area contributed by atoms with Gasteiger partial charge in [-0.25, -0.2) is 10.8 Å². The predicted octanol–water partition coefficient (Wildman–Crippen LogP) is 3.21. The Bertz CT molecular complexity index is 665. The van der Waals surface area contributed by atoms with Crippen molar-refractivity contribution in [2.24, 2.45) is 5.84 Å². The van der Waals surface area contributed by atoms with Gasteiger partial charge in [0, 0.05) is 10.5 Å². The van der Waals surface area contributed by atoms with Crippen molar-refractivity contribution in [1.82, 2.24) is 4.98 Å². The van der Waals surface area contributed by atoms with E-state index in [1.54, 1.807) is 0 Å². The van der Waals surface area contributed by atoms with Crippen molar-refractivity contribution in [3.63, 3.8) is 0 Å². The van der Waals surface area contributed by atoms with E-state index < -0.39 is 4.92 Å². The van der Waals surface area contributed by atoms with E-state index in [1.165, 1.54) is 12.1 Å². The molecule has 0 spiro atoms. The van der Waals surface area contributed by atoms with E-state index in [-0.39, 0.29) is 17.5 Å². The Morgan fingerprint density at radius 1 is 1.38 bits per heavy atom. The summed E-state index contributed by atoms with van der Waals surface area (Å²) < 4.78 is 0.938. The second kappa shape index (κ2) is 6.51. The van der Waals surface area contributed by atoms with Crippen LogP contribution in [0, 0.1) is 10.1 Å².